The molecule has 0 aliphatic heterocycles. The van der Waals surface area contributed by atoms with E-state index in [0.29, 0.717) is 0 Å². The molecule has 12 heteroatoms. The SMILES string of the molecule is O=C(O)C1=Cc2cc(O)c(O)cc2[C@H](c2ccc(O)c(O)c2)[C@H]1C(=O)O[C@H](Cc1ccc(O)c(O)c1)C(=O)O. The van der Waals surface area contributed by atoms with Crippen LogP contribution in [0.3, 0.4) is 0 Å². The van der Waals surface area contributed by atoms with E-state index in [2.05, 4.69) is 0 Å². The van der Waals surface area contributed by atoms with E-state index in [1.807, 2.05) is 0 Å². The van der Waals surface area contributed by atoms with Gasteiger partial charge in [0, 0.05) is 12.3 Å². The molecule has 0 saturated carbocycles. The largest absolute Gasteiger partial charge is 0.504 e. The molecule has 0 spiro atoms. The first-order valence-corrected chi connectivity index (χ1v) is 11.3. The molecule has 0 unspecified atom stereocenters. The Bertz CT molecular complexity index is 1520. The van der Waals surface area contributed by atoms with Crippen molar-refractivity contribution in [1.29, 1.82) is 0 Å². The third-order valence-electron chi connectivity index (χ3n) is 6.35. The number of hydrogen-bond donors (Lipinski definition) is 8. The normalized spacial score (nSPS) is 17.0. The monoisotopic (exact) mass is 538 g/mol. The number of ether oxygens (including phenoxy) is 1. The van der Waals surface area contributed by atoms with Crippen LogP contribution in [0.25, 0.3) is 6.08 Å². The summed E-state index contributed by atoms with van der Waals surface area (Å²) < 4.78 is 5.27. The van der Waals surface area contributed by atoms with Gasteiger partial charge in [0.1, 0.15) is 0 Å². The lowest BCUT2D eigenvalue weighted by atomic mass is 9.71. The van der Waals surface area contributed by atoms with Gasteiger partial charge in [-0.2, -0.15) is 0 Å². The number of fused-ring (bicyclic) bond motifs is 1. The minimum Gasteiger partial charge on any atom is -0.504 e. The topological polar surface area (TPSA) is 222 Å². The Morgan fingerprint density at radius 3 is 1.92 bits per heavy atom. The van der Waals surface area contributed by atoms with E-state index >= 15 is 0 Å². The summed E-state index contributed by atoms with van der Waals surface area (Å²) in [5.41, 5.74) is 0.0487. The first-order valence-electron chi connectivity index (χ1n) is 11.3. The Hall–Kier alpha value is -5.39. The minimum absolute atomic E-state index is 0.112. The van der Waals surface area contributed by atoms with Gasteiger partial charge in [0.25, 0.3) is 0 Å². The number of aromatic hydroxyl groups is 6. The van der Waals surface area contributed by atoms with Crippen molar-refractivity contribution in [3.05, 3.63) is 76.4 Å². The Morgan fingerprint density at radius 2 is 1.33 bits per heavy atom. The smallest absolute Gasteiger partial charge is 0.345 e. The number of hydrogen-bond acceptors (Lipinski definition) is 10. The third-order valence-corrected chi connectivity index (χ3v) is 6.35. The maximum absolute atomic E-state index is 13.5. The van der Waals surface area contributed by atoms with Crippen LogP contribution in [0.1, 0.15) is 28.2 Å². The van der Waals surface area contributed by atoms with Gasteiger partial charge in [-0.25, -0.2) is 9.59 Å². The standard InChI is InChI=1S/C27H22O12/c28-16-3-1-11(5-18(16)30)6-22(26(36)37)39-27(38)24-15(25(34)35)7-13-9-20(32)21(33)10-14(13)23(24)12-2-4-17(29)19(31)8-12/h1-5,7-10,22-24,28-33H,6H2,(H,34,35)(H,36,37)/t22-,23+,24+/m1/s1. The van der Waals surface area contributed by atoms with Crippen LogP contribution >= 0.6 is 0 Å². The van der Waals surface area contributed by atoms with Crippen LogP contribution in [0, 0.1) is 5.92 Å². The summed E-state index contributed by atoms with van der Waals surface area (Å²) in [4.78, 5) is 37.8. The van der Waals surface area contributed by atoms with Crippen LogP contribution in [0.5, 0.6) is 34.5 Å². The summed E-state index contributed by atoms with van der Waals surface area (Å²) in [6.45, 7) is 0. The number of carbonyl (C=O) groups excluding carboxylic acids is 1. The zero-order chi connectivity index (χ0) is 28.6. The Morgan fingerprint density at radius 1 is 0.744 bits per heavy atom. The molecule has 0 saturated heterocycles. The van der Waals surface area contributed by atoms with Crippen LogP contribution in [0.15, 0.2) is 54.1 Å². The molecule has 0 heterocycles. The molecule has 12 nitrogen and oxygen atoms in total. The summed E-state index contributed by atoms with van der Waals surface area (Å²) >= 11 is 0. The first-order chi connectivity index (χ1) is 18.4. The minimum atomic E-state index is -1.83. The van der Waals surface area contributed by atoms with Crippen LogP contribution in [0.2, 0.25) is 0 Å². The lowest BCUT2D eigenvalue weighted by Crippen LogP contribution is -2.37. The molecule has 1 aliphatic rings. The highest BCUT2D eigenvalue weighted by Gasteiger charge is 2.43. The van der Waals surface area contributed by atoms with Crippen molar-refractivity contribution in [2.75, 3.05) is 0 Å². The van der Waals surface area contributed by atoms with Crippen LogP contribution in [-0.2, 0) is 25.5 Å². The molecule has 0 aromatic heterocycles. The average molecular weight is 538 g/mol. The molecule has 3 aromatic carbocycles. The molecular weight excluding hydrogens is 516 g/mol. The molecule has 4 rings (SSSR count). The quantitative estimate of drug-likeness (QED) is 0.160. The fraction of sp³-hybridized carbons (Fsp3) is 0.148. The molecule has 202 valence electrons. The molecule has 1 aliphatic carbocycles. The van der Waals surface area contributed by atoms with Crippen molar-refractivity contribution in [1.82, 2.24) is 0 Å². The number of benzene rings is 3. The van der Waals surface area contributed by atoms with Gasteiger partial charge < -0.3 is 45.6 Å². The number of esters is 1. The van der Waals surface area contributed by atoms with Crippen molar-refractivity contribution in [2.45, 2.75) is 18.4 Å². The number of carbonyl (C=O) groups is 3. The van der Waals surface area contributed by atoms with Gasteiger partial charge in [-0.3, -0.25) is 4.79 Å². The van der Waals surface area contributed by atoms with Crippen LogP contribution < -0.4 is 0 Å². The second kappa shape index (κ2) is 10.2. The highest BCUT2D eigenvalue weighted by Crippen LogP contribution is 2.47. The van der Waals surface area contributed by atoms with E-state index in [0.717, 1.165) is 42.5 Å². The Kier molecular flexibility index (Phi) is 6.95. The van der Waals surface area contributed by atoms with Crippen molar-refractivity contribution in [2.24, 2.45) is 5.92 Å². The highest BCUT2D eigenvalue weighted by molar-refractivity contribution is 6.01. The molecule has 3 atom stereocenters. The van der Waals surface area contributed by atoms with E-state index in [9.17, 15) is 55.2 Å². The highest BCUT2D eigenvalue weighted by atomic mass is 16.6. The summed E-state index contributed by atoms with van der Waals surface area (Å²) in [6.07, 6.45) is -1.20. The zero-order valence-electron chi connectivity index (χ0n) is 19.8. The summed E-state index contributed by atoms with van der Waals surface area (Å²) in [5, 5.41) is 78.9. The first kappa shape index (κ1) is 26.7. The van der Waals surface area contributed by atoms with E-state index in [4.69, 9.17) is 4.74 Å². The maximum atomic E-state index is 13.5. The second-order valence-electron chi connectivity index (χ2n) is 8.87. The second-order valence-corrected chi connectivity index (χ2v) is 8.87. The van der Waals surface area contributed by atoms with Gasteiger partial charge in [-0.1, -0.05) is 12.1 Å². The average Bonchev–Trinajstić information content (AvgIpc) is 2.87. The molecular formula is C27H22O12. The molecule has 0 bridgehead atoms. The Balaban J connectivity index is 1.81. The lowest BCUT2D eigenvalue weighted by Gasteiger charge is -2.33. The van der Waals surface area contributed by atoms with Gasteiger partial charge in [-0.05, 0) is 64.7 Å². The number of phenolic OH excluding ortho intramolecular Hbond substituents is 6. The van der Waals surface area contributed by atoms with E-state index < -0.39 is 82.3 Å². The fourth-order valence-corrected chi connectivity index (χ4v) is 4.49. The number of phenols is 6. The van der Waals surface area contributed by atoms with Crippen LogP contribution in [0.4, 0.5) is 0 Å². The number of aliphatic carboxylic acids is 2. The third kappa shape index (κ3) is 5.21. The van der Waals surface area contributed by atoms with Gasteiger partial charge in [0.2, 0.25) is 6.10 Å². The van der Waals surface area contributed by atoms with Gasteiger partial charge in [0.15, 0.2) is 34.5 Å². The van der Waals surface area contributed by atoms with Crippen LogP contribution in [-0.4, -0.2) is 64.9 Å². The molecule has 0 radical (unpaired) electrons. The van der Waals surface area contributed by atoms with Gasteiger partial charge in [0.05, 0.1) is 11.5 Å². The fourth-order valence-electron chi connectivity index (χ4n) is 4.49. The van der Waals surface area contributed by atoms with Gasteiger partial charge in [-0.15, -0.1) is 0 Å². The maximum Gasteiger partial charge on any atom is 0.345 e. The lowest BCUT2D eigenvalue weighted by molar-refractivity contribution is -0.166. The number of rotatable bonds is 7. The molecule has 39 heavy (non-hydrogen) atoms. The van der Waals surface area contributed by atoms with Gasteiger partial charge >= 0.3 is 17.9 Å². The number of carboxylic acids is 2. The zero-order valence-corrected chi connectivity index (χ0v) is 19.8. The molecule has 3 aromatic rings. The van der Waals surface area contributed by atoms with Crippen molar-refractivity contribution in [3.8, 4) is 34.5 Å². The number of carboxylic acid groups (broad SMARTS) is 2. The summed E-state index contributed by atoms with van der Waals surface area (Å²) in [6, 6.07) is 9.15. The van der Waals surface area contributed by atoms with E-state index in [1.54, 1.807) is 0 Å². The molecule has 0 amide bonds. The predicted molar refractivity (Wildman–Crippen MR) is 131 cm³/mol. The summed E-state index contributed by atoms with van der Waals surface area (Å²) in [7, 11) is 0. The van der Waals surface area contributed by atoms with Crippen molar-refractivity contribution >= 4 is 24.0 Å². The van der Waals surface area contributed by atoms with E-state index in [-0.39, 0.29) is 22.3 Å². The molecule has 0 fully saturated rings. The Labute approximate surface area is 219 Å². The van der Waals surface area contributed by atoms with Crippen molar-refractivity contribution < 1.29 is 60.0 Å². The van der Waals surface area contributed by atoms with Crippen molar-refractivity contribution in [3.63, 3.8) is 0 Å². The summed E-state index contributed by atoms with van der Waals surface area (Å²) in [5.74, 6) is -10.6. The molecule has 8 N–H and O–H groups in total. The predicted octanol–water partition coefficient (Wildman–Crippen LogP) is 2.39. The van der Waals surface area contributed by atoms with E-state index in [1.165, 1.54) is 12.1 Å².